The number of carbonyl (C=O) groups excluding carboxylic acids is 3. The van der Waals surface area contributed by atoms with E-state index < -0.39 is 47.4 Å². The van der Waals surface area contributed by atoms with Crippen molar-refractivity contribution >= 4 is 40.8 Å². The van der Waals surface area contributed by atoms with E-state index in [9.17, 15) is 19.5 Å². The number of aryl methyl sites for hydroxylation is 1. The van der Waals surface area contributed by atoms with Gasteiger partial charge in [0.25, 0.3) is 5.91 Å². The number of carbonyl (C=O) groups is 3. The van der Waals surface area contributed by atoms with Crippen LogP contribution < -0.4 is 11.1 Å². The minimum atomic E-state index is -0.968. The summed E-state index contributed by atoms with van der Waals surface area (Å²) in [7, 11) is 0. The van der Waals surface area contributed by atoms with Gasteiger partial charge < -0.3 is 25.8 Å². The Morgan fingerprint density at radius 1 is 1.30 bits per heavy atom. The van der Waals surface area contributed by atoms with E-state index in [-0.39, 0.29) is 19.6 Å². The third kappa shape index (κ3) is 7.79. The van der Waals surface area contributed by atoms with Crippen LogP contribution in [0.25, 0.3) is 10.4 Å². The molecule has 1 aromatic heterocycles. The number of hydrogen-bond acceptors (Lipinski definition) is 8. The molecule has 4 atom stereocenters. The van der Waals surface area contributed by atoms with Gasteiger partial charge in [0, 0.05) is 31.3 Å². The highest BCUT2D eigenvalue weighted by atomic mass is 35.5. The first kappa shape index (κ1) is 32.0. The van der Waals surface area contributed by atoms with Gasteiger partial charge in [-0.05, 0) is 43.4 Å². The SMILES string of the molecule is Cc1ncsc1-c1ccc([C@H](C)N(Cl)C(=O)[C@@H]2C[C@@H](O)CN2C(=O)[C@@H](NC(=O)COCCCN)C(C)(C)C)cc1. The second kappa shape index (κ2) is 13.9. The van der Waals surface area contributed by atoms with E-state index in [1.54, 1.807) is 23.8 Å². The predicted octanol–water partition coefficient (Wildman–Crippen LogP) is 3.02. The number of ether oxygens (including phenoxy) is 1. The van der Waals surface area contributed by atoms with Gasteiger partial charge in [-0.1, -0.05) is 45.0 Å². The number of hydrogen-bond donors (Lipinski definition) is 3. The van der Waals surface area contributed by atoms with Crippen LogP contribution in [0.4, 0.5) is 0 Å². The molecule has 2 aromatic rings. The second-order valence-corrected chi connectivity index (χ2v) is 12.4. The van der Waals surface area contributed by atoms with Gasteiger partial charge in [-0.2, -0.15) is 0 Å². The van der Waals surface area contributed by atoms with Crippen molar-refractivity contribution in [2.45, 2.75) is 71.7 Å². The minimum absolute atomic E-state index is 0.0350. The normalized spacial score (nSPS) is 18.9. The highest BCUT2D eigenvalue weighted by Crippen LogP contribution is 2.32. The van der Waals surface area contributed by atoms with Gasteiger partial charge in [-0.3, -0.25) is 14.4 Å². The number of amides is 3. The van der Waals surface area contributed by atoms with E-state index in [1.807, 2.05) is 52.0 Å². The summed E-state index contributed by atoms with van der Waals surface area (Å²) < 4.78 is 6.42. The van der Waals surface area contributed by atoms with Crippen molar-refractivity contribution in [1.29, 1.82) is 0 Å². The molecule has 0 spiro atoms. The Morgan fingerprint density at radius 2 is 1.98 bits per heavy atom. The summed E-state index contributed by atoms with van der Waals surface area (Å²) in [5, 5.41) is 13.2. The van der Waals surface area contributed by atoms with Gasteiger partial charge in [0.15, 0.2) is 0 Å². The van der Waals surface area contributed by atoms with Gasteiger partial charge in [-0.25, -0.2) is 9.40 Å². The van der Waals surface area contributed by atoms with Crippen LogP contribution in [0.3, 0.4) is 0 Å². The number of nitrogens with zero attached hydrogens (tertiary/aromatic N) is 3. The van der Waals surface area contributed by atoms with E-state index in [0.29, 0.717) is 19.6 Å². The molecule has 0 saturated carbocycles. The van der Waals surface area contributed by atoms with Crippen molar-refractivity contribution in [3.63, 3.8) is 0 Å². The number of aromatic nitrogens is 1. The molecule has 10 nitrogen and oxygen atoms in total. The third-order valence-electron chi connectivity index (χ3n) is 6.94. The summed E-state index contributed by atoms with van der Waals surface area (Å²) in [6, 6.07) is 5.35. The zero-order chi connectivity index (χ0) is 29.6. The van der Waals surface area contributed by atoms with Crippen LogP contribution in [0.5, 0.6) is 0 Å². The van der Waals surface area contributed by atoms with Crippen LogP contribution in [0, 0.1) is 12.3 Å². The summed E-state index contributed by atoms with van der Waals surface area (Å²) in [5.41, 5.74) is 9.38. The van der Waals surface area contributed by atoms with Gasteiger partial charge in [0.1, 0.15) is 18.7 Å². The molecule has 1 aliphatic rings. The van der Waals surface area contributed by atoms with Crippen molar-refractivity contribution in [3.05, 3.63) is 41.0 Å². The maximum absolute atomic E-state index is 13.7. The monoisotopic (exact) mass is 593 g/mol. The molecule has 0 unspecified atom stereocenters. The number of aliphatic hydroxyl groups excluding tert-OH is 1. The van der Waals surface area contributed by atoms with Crippen LogP contribution in [0.15, 0.2) is 29.8 Å². The molecule has 0 bridgehead atoms. The molecule has 0 radical (unpaired) electrons. The van der Waals surface area contributed by atoms with E-state index in [0.717, 1.165) is 26.1 Å². The number of nitrogens with one attached hydrogen (secondary N) is 1. The summed E-state index contributed by atoms with van der Waals surface area (Å²) in [6.07, 6.45) is -0.221. The van der Waals surface area contributed by atoms with Crippen LogP contribution >= 0.6 is 23.1 Å². The molecule has 1 fully saturated rings. The Hall–Kier alpha value is -2.57. The molecule has 12 heteroatoms. The quantitative estimate of drug-likeness (QED) is 0.269. The first-order chi connectivity index (χ1) is 18.8. The number of likely N-dealkylation sites (tertiary alicyclic amines) is 1. The lowest BCUT2D eigenvalue weighted by Gasteiger charge is -2.36. The summed E-state index contributed by atoms with van der Waals surface area (Å²) in [6.45, 7) is 9.77. The molecule has 2 heterocycles. The van der Waals surface area contributed by atoms with E-state index >= 15 is 0 Å². The number of rotatable bonds is 11. The smallest absolute Gasteiger partial charge is 0.260 e. The zero-order valence-corrected chi connectivity index (χ0v) is 25.3. The number of nitrogens with two attached hydrogens (primary N) is 1. The first-order valence-electron chi connectivity index (χ1n) is 13.4. The number of halogens is 1. The highest BCUT2D eigenvalue weighted by molar-refractivity contribution is 7.13. The molecule has 40 heavy (non-hydrogen) atoms. The molecular formula is C28H40ClN5O5S. The molecule has 3 rings (SSSR count). The number of benzene rings is 1. The highest BCUT2D eigenvalue weighted by Gasteiger charge is 2.46. The Morgan fingerprint density at radius 3 is 2.55 bits per heavy atom. The van der Waals surface area contributed by atoms with Crippen molar-refractivity contribution in [2.75, 3.05) is 26.3 Å². The van der Waals surface area contributed by atoms with Gasteiger partial charge >= 0.3 is 0 Å². The largest absolute Gasteiger partial charge is 0.391 e. The average molecular weight is 594 g/mol. The number of β-amino-alcohol motifs (C(OH)–C–C–N with tert-alkyl or cyclic N) is 1. The summed E-state index contributed by atoms with van der Waals surface area (Å²) in [5.74, 6) is -1.40. The Labute approximate surface area is 244 Å². The number of thiazole rings is 1. The molecule has 0 aliphatic carbocycles. The Balaban J connectivity index is 1.73. The zero-order valence-electron chi connectivity index (χ0n) is 23.7. The lowest BCUT2D eigenvalue weighted by atomic mass is 9.85. The van der Waals surface area contributed by atoms with Gasteiger partial charge in [-0.15, -0.1) is 11.3 Å². The molecule has 1 saturated heterocycles. The van der Waals surface area contributed by atoms with Crippen LogP contribution in [0.2, 0.25) is 0 Å². The van der Waals surface area contributed by atoms with Crippen molar-refractivity contribution in [3.8, 4) is 10.4 Å². The lowest BCUT2D eigenvalue weighted by Crippen LogP contribution is -2.58. The molecule has 4 N–H and O–H groups in total. The summed E-state index contributed by atoms with van der Waals surface area (Å²) >= 11 is 8.14. The fraction of sp³-hybridized carbons (Fsp3) is 0.571. The standard InChI is InChI=1S/C28H40ClN5O5S/c1-17-24(40-16-31-17)20-9-7-19(8-10-20)18(2)34(29)26(37)22-13-21(35)14-33(22)27(38)25(28(3,4)5)32-23(36)15-39-12-6-11-30/h7-10,16,18,21-22,25,35H,6,11-15,30H2,1-5H3,(H,32,36)/t18-,21+,22-,25+/m0/s1. The maximum atomic E-state index is 13.7. The van der Waals surface area contributed by atoms with E-state index in [1.165, 1.54) is 4.90 Å². The molecule has 1 aromatic carbocycles. The molecule has 1 aliphatic heterocycles. The lowest BCUT2D eigenvalue weighted by molar-refractivity contribution is -0.146. The van der Waals surface area contributed by atoms with Gasteiger partial charge in [0.05, 0.1) is 28.2 Å². The van der Waals surface area contributed by atoms with E-state index in [2.05, 4.69) is 10.3 Å². The minimum Gasteiger partial charge on any atom is -0.391 e. The topological polar surface area (TPSA) is 138 Å². The fourth-order valence-electron chi connectivity index (χ4n) is 4.61. The summed E-state index contributed by atoms with van der Waals surface area (Å²) in [4.78, 5) is 46.6. The average Bonchev–Trinajstić information content (AvgIpc) is 3.52. The van der Waals surface area contributed by atoms with Crippen LogP contribution in [-0.4, -0.2) is 81.6 Å². The Kier molecular flexibility index (Phi) is 11.1. The molecular weight excluding hydrogens is 554 g/mol. The Bertz CT molecular complexity index is 1170. The van der Waals surface area contributed by atoms with Crippen molar-refractivity contribution < 1.29 is 24.2 Å². The maximum Gasteiger partial charge on any atom is 0.260 e. The first-order valence-corrected chi connectivity index (χ1v) is 14.6. The van der Waals surface area contributed by atoms with Crippen LogP contribution in [0.1, 0.15) is 57.8 Å². The van der Waals surface area contributed by atoms with Gasteiger partial charge in [0.2, 0.25) is 11.8 Å². The van der Waals surface area contributed by atoms with Crippen LogP contribution in [-0.2, 0) is 19.1 Å². The van der Waals surface area contributed by atoms with Crippen molar-refractivity contribution in [2.24, 2.45) is 11.1 Å². The molecule has 220 valence electrons. The molecule has 3 amide bonds. The number of aliphatic hydroxyl groups is 1. The second-order valence-electron chi connectivity index (χ2n) is 11.2. The van der Waals surface area contributed by atoms with E-state index in [4.69, 9.17) is 22.2 Å². The fourth-order valence-corrected chi connectivity index (χ4v) is 5.65. The predicted molar refractivity (Wildman–Crippen MR) is 155 cm³/mol. The van der Waals surface area contributed by atoms with Crippen molar-refractivity contribution in [1.82, 2.24) is 19.6 Å². The third-order valence-corrected chi connectivity index (χ3v) is 8.38.